The number of amides is 1. The van der Waals surface area contributed by atoms with Gasteiger partial charge >= 0.3 is 6.18 Å². The molecule has 1 amide bonds. The fourth-order valence-electron chi connectivity index (χ4n) is 2.24. The molecule has 136 valence electrons. The number of ether oxygens (including phenoxy) is 1. The number of aliphatic hydroxyl groups is 1. The molecular weight excluding hydrogens is 339 g/mol. The van der Waals surface area contributed by atoms with Gasteiger partial charge in [0.1, 0.15) is 12.4 Å². The summed E-state index contributed by atoms with van der Waals surface area (Å²) in [7, 11) is 1.31. The maximum Gasteiger partial charge on any atom is 0.425 e. The SMILES string of the molecule is Cn1ccnc1[C@@](O)(CC(=O)NCCOc1ccccc1)C(F)(F)F. The second-order valence-corrected chi connectivity index (χ2v) is 5.41. The minimum Gasteiger partial charge on any atom is -0.492 e. The number of aryl methyl sites for hydroxylation is 1. The molecule has 0 spiro atoms. The predicted molar refractivity (Wildman–Crippen MR) is 82.7 cm³/mol. The van der Waals surface area contributed by atoms with Gasteiger partial charge in [-0.2, -0.15) is 13.2 Å². The molecule has 9 heteroatoms. The molecule has 25 heavy (non-hydrogen) atoms. The Morgan fingerprint density at radius 2 is 2.00 bits per heavy atom. The summed E-state index contributed by atoms with van der Waals surface area (Å²) in [6, 6.07) is 8.77. The second-order valence-electron chi connectivity index (χ2n) is 5.41. The monoisotopic (exact) mass is 357 g/mol. The number of halogens is 3. The van der Waals surface area contributed by atoms with E-state index in [2.05, 4.69) is 10.3 Å². The van der Waals surface area contributed by atoms with Crippen LogP contribution >= 0.6 is 0 Å². The van der Waals surface area contributed by atoms with Crippen molar-refractivity contribution in [2.75, 3.05) is 13.2 Å². The van der Waals surface area contributed by atoms with Crippen LogP contribution < -0.4 is 10.1 Å². The molecule has 0 radical (unpaired) electrons. The molecule has 0 saturated carbocycles. The van der Waals surface area contributed by atoms with Crippen molar-refractivity contribution in [2.24, 2.45) is 7.05 Å². The minimum atomic E-state index is -5.05. The average molecular weight is 357 g/mol. The Balaban J connectivity index is 1.93. The van der Waals surface area contributed by atoms with Crippen molar-refractivity contribution < 1.29 is 27.8 Å². The van der Waals surface area contributed by atoms with E-state index in [0.717, 1.165) is 10.8 Å². The van der Waals surface area contributed by atoms with Crippen LogP contribution in [0, 0.1) is 0 Å². The van der Waals surface area contributed by atoms with Crippen molar-refractivity contribution in [2.45, 2.75) is 18.2 Å². The first-order chi connectivity index (χ1) is 11.7. The quantitative estimate of drug-likeness (QED) is 0.741. The Hall–Kier alpha value is -2.55. The molecular formula is C16H18F3N3O3. The van der Waals surface area contributed by atoms with E-state index < -0.39 is 29.9 Å². The first-order valence-electron chi connectivity index (χ1n) is 7.45. The molecule has 0 aliphatic heterocycles. The molecule has 6 nitrogen and oxygen atoms in total. The number of rotatable bonds is 7. The number of para-hydroxylation sites is 1. The molecule has 1 atom stereocenters. The molecule has 0 saturated heterocycles. The van der Waals surface area contributed by atoms with Gasteiger partial charge in [-0.25, -0.2) is 4.98 Å². The Labute approximate surface area is 142 Å². The number of hydrogen-bond donors (Lipinski definition) is 2. The predicted octanol–water partition coefficient (Wildman–Crippen LogP) is 1.76. The molecule has 0 unspecified atom stereocenters. The fraction of sp³-hybridized carbons (Fsp3) is 0.375. The third-order valence-corrected chi connectivity index (χ3v) is 3.51. The smallest absolute Gasteiger partial charge is 0.425 e. The first-order valence-corrected chi connectivity index (χ1v) is 7.45. The van der Waals surface area contributed by atoms with E-state index in [9.17, 15) is 23.1 Å². The number of imidazole rings is 1. The highest BCUT2D eigenvalue weighted by Gasteiger charge is 2.58. The third kappa shape index (κ3) is 4.50. The fourth-order valence-corrected chi connectivity index (χ4v) is 2.24. The summed E-state index contributed by atoms with van der Waals surface area (Å²) < 4.78 is 46.3. The van der Waals surface area contributed by atoms with E-state index in [1.165, 1.54) is 13.2 Å². The van der Waals surface area contributed by atoms with Gasteiger partial charge in [-0.1, -0.05) is 18.2 Å². The summed E-state index contributed by atoms with van der Waals surface area (Å²) in [5.74, 6) is -1.02. The van der Waals surface area contributed by atoms with Crippen molar-refractivity contribution in [3.8, 4) is 5.75 Å². The highest BCUT2D eigenvalue weighted by molar-refractivity contribution is 5.77. The summed E-state index contributed by atoms with van der Waals surface area (Å²) in [6.45, 7) is 0.0881. The van der Waals surface area contributed by atoms with Crippen LogP contribution in [0.25, 0.3) is 0 Å². The summed E-state index contributed by atoms with van der Waals surface area (Å²) in [5, 5.41) is 12.4. The van der Waals surface area contributed by atoms with Gasteiger partial charge in [-0.15, -0.1) is 0 Å². The zero-order chi connectivity index (χ0) is 18.5. The standard InChI is InChI=1S/C16H18F3N3O3/c1-22-9-7-21-14(22)15(24,16(17,18)19)11-13(23)20-8-10-25-12-5-3-2-4-6-12/h2-7,9,24H,8,10-11H2,1H3,(H,20,23)/t15-/m0/s1. The lowest BCUT2D eigenvalue weighted by Crippen LogP contribution is -2.48. The summed E-state index contributed by atoms with van der Waals surface area (Å²) in [6.07, 6.45) is -3.86. The molecule has 2 aromatic rings. The molecule has 1 aromatic carbocycles. The van der Waals surface area contributed by atoms with Crippen LogP contribution in [0.1, 0.15) is 12.2 Å². The number of alkyl halides is 3. The molecule has 0 bridgehead atoms. The van der Waals surface area contributed by atoms with Crippen LogP contribution in [0.15, 0.2) is 42.7 Å². The van der Waals surface area contributed by atoms with E-state index in [1.54, 1.807) is 24.3 Å². The first kappa shape index (κ1) is 18.8. The molecule has 1 heterocycles. The maximum atomic E-state index is 13.3. The summed E-state index contributed by atoms with van der Waals surface area (Å²) in [4.78, 5) is 15.4. The summed E-state index contributed by atoms with van der Waals surface area (Å²) in [5.41, 5.74) is -3.37. The number of nitrogens with zero attached hydrogens (tertiary/aromatic N) is 2. The zero-order valence-electron chi connectivity index (χ0n) is 13.5. The number of benzene rings is 1. The van der Waals surface area contributed by atoms with Gasteiger partial charge in [0.05, 0.1) is 13.0 Å². The van der Waals surface area contributed by atoms with Gasteiger partial charge in [0, 0.05) is 19.4 Å². The number of nitrogens with one attached hydrogen (secondary N) is 1. The molecule has 2 rings (SSSR count). The average Bonchev–Trinajstić information content (AvgIpc) is 2.98. The van der Waals surface area contributed by atoms with Crippen LogP contribution in [0.2, 0.25) is 0 Å². The molecule has 2 N–H and O–H groups in total. The number of aromatic nitrogens is 2. The van der Waals surface area contributed by atoms with Crippen LogP contribution in [-0.4, -0.2) is 39.9 Å². The molecule has 0 aliphatic rings. The van der Waals surface area contributed by atoms with Crippen molar-refractivity contribution in [3.05, 3.63) is 48.5 Å². The van der Waals surface area contributed by atoms with E-state index in [1.807, 2.05) is 6.07 Å². The zero-order valence-corrected chi connectivity index (χ0v) is 13.5. The van der Waals surface area contributed by atoms with Gasteiger partial charge in [0.2, 0.25) is 11.5 Å². The van der Waals surface area contributed by atoms with Crippen molar-refractivity contribution in [1.82, 2.24) is 14.9 Å². The molecule has 0 aliphatic carbocycles. The van der Waals surface area contributed by atoms with Crippen LogP contribution in [0.4, 0.5) is 13.2 Å². The Morgan fingerprint density at radius 1 is 1.32 bits per heavy atom. The lowest BCUT2D eigenvalue weighted by Gasteiger charge is -2.29. The molecule has 1 aromatic heterocycles. The summed E-state index contributed by atoms with van der Waals surface area (Å²) >= 11 is 0. The third-order valence-electron chi connectivity index (χ3n) is 3.51. The van der Waals surface area contributed by atoms with E-state index in [4.69, 9.17) is 4.74 Å². The lowest BCUT2D eigenvalue weighted by molar-refractivity contribution is -0.271. The van der Waals surface area contributed by atoms with Gasteiger partial charge < -0.3 is 19.7 Å². The minimum absolute atomic E-state index is 0.00221. The molecule has 0 fully saturated rings. The largest absolute Gasteiger partial charge is 0.492 e. The lowest BCUT2D eigenvalue weighted by atomic mass is 9.97. The maximum absolute atomic E-state index is 13.3. The Morgan fingerprint density at radius 3 is 2.56 bits per heavy atom. The highest BCUT2D eigenvalue weighted by Crippen LogP contribution is 2.40. The van der Waals surface area contributed by atoms with E-state index in [-0.39, 0.29) is 13.2 Å². The van der Waals surface area contributed by atoms with Gasteiger partial charge in [0.25, 0.3) is 0 Å². The Bertz CT molecular complexity index is 703. The van der Waals surface area contributed by atoms with Gasteiger partial charge in [0.15, 0.2) is 5.82 Å². The van der Waals surface area contributed by atoms with Crippen molar-refractivity contribution >= 4 is 5.91 Å². The second kappa shape index (κ2) is 7.56. The number of carbonyl (C=O) groups is 1. The van der Waals surface area contributed by atoms with Gasteiger partial charge in [-0.05, 0) is 12.1 Å². The van der Waals surface area contributed by atoms with Crippen molar-refractivity contribution in [3.63, 3.8) is 0 Å². The van der Waals surface area contributed by atoms with Crippen LogP contribution in [-0.2, 0) is 17.4 Å². The highest BCUT2D eigenvalue weighted by atomic mass is 19.4. The van der Waals surface area contributed by atoms with Crippen LogP contribution in [0.3, 0.4) is 0 Å². The Kier molecular flexibility index (Phi) is 5.68. The van der Waals surface area contributed by atoms with Gasteiger partial charge in [-0.3, -0.25) is 4.79 Å². The topological polar surface area (TPSA) is 76.4 Å². The van der Waals surface area contributed by atoms with Crippen LogP contribution in [0.5, 0.6) is 5.75 Å². The number of carbonyl (C=O) groups excluding carboxylic acids is 1. The number of hydrogen-bond acceptors (Lipinski definition) is 4. The normalized spacial score (nSPS) is 14.0. The van der Waals surface area contributed by atoms with E-state index >= 15 is 0 Å². The van der Waals surface area contributed by atoms with Crippen molar-refractivity contribution in [1.29, 1.82) is 0 Å². The van der Waals surface area contributed by atoms with E-state index in [0.29, 0.717) is 5.75 Å².